The molecular formula is C54H104O6. The molecule has 0 amide bonds. The third-order valence-corrected chi connectivity index (χ3v) is 12.7. The lowest BCUT2D eigenvalue weighted by molar-refractivity contribution is -0.167. The molecule has 0 spiro atoms. The zero-order valence-electron chi connectivity index (χ0n) is 40.9. The molecule has 1 unspecified atom stereocenters. The van der Waals surface area contributed by atoms with E-state index >= 15 is 0 Å². The second-order valence-electron chi connectivity index (χ2n) is 18.8. The van der Waals surface area contributed by atoms with Crippen LogP contribution in [0.4, 0.5) is 0 Å². The van der Waals surface area contributed by atoms with Crippen LogP contribution in [0.1, 0.15) is 304 Å². The van der Waals surface area contributed by atoms with Crippen LogP contribution in [-0.2, 0) is 28.6 Å². The fourth-order valence-electron chi connectivity index (χ4n) is 8.19. The molecule has 0 aromatic carbocycles. The van der Waals surface area contributed by atoms with Gasteiger partial charge in [-0.2, -0.15) is 0 Å². The van der Waals surface area contributed by atoms with E-state index in [4.69, 9.17) is 14.2 Å². The van der Waals surface area contributed by atoms with Gasteiger partial charge in [-0.3, -0.25) is 14.4 Å². The van der Waals surface area contributed by atoms with E-state index in [1.807, 2.05) is 0 Å². The molecule has 0 aliphatic rings. The quantitative estimate of drug-likeness (QED) is 0.0345. The van der Waals surface area contributed by atoms with Crippen molar-refractivity contribution in [3.8, 4) is 0 Å². The zero-order valence-corrected chi connectivity index (χ0v) is 40.9. The highest BCUT2D eigenvalue weighted by molar-refractivity contribution is 5.71. The summed E-state index contributed by atoms with van der Waals surface area (Å²) < 4.78 is 16.7. The van der Waals surface area contributed by atoms with Crippen LogP contribution in [0.3, 0.4) is 0 Å². The Bertz CT molecular complexity index is 905. The normalized spacial score (nSPS) is 12.4. The van der Waals surface area contributed by atoms with E-state index in [2.05, 4.69) is 27.7 Å². The van der Waals surface area contributed by atoms with E-state index < -0.39 is 6.10 Å². The molecule has 0 fully saturated rings. The number of esters is 3. The van der Waals surface area contributed by atoms with Gasteiger partial charge in [0.05, 0.1) is 0 Å². The third-order valence-electron chi connectivity index (χ3n) is 12.7. The van der Waals surface area contributed by atoms with Gasteiger partial charge in [0.25, 0.3) is 0 Å². The molecule has 0 aliphatic heterocycles. The van der Waals surface area contributed by atoms with Gasteiger partial charge < -0.3 is 14.2 Å². The van der Waals surface area contributed by atoms with Crippen molar-refractivity contribution in [3.63, 3.8) is 0 Å². The molecule has 0 saturated heterocycles. The molecule has 0 heterocycles. The first-order valence-corrected chi connectivity index (χ1v) is 26.9. The van der Waals surface area contributed by atoms with Gasteiger partial charge >= 0.3 is 17.9 Å². The summed E-state index contributed by atoms with van der Waals surface area (Å²) in [5, 5.41) is 0. The molecule has 356 valence electrons. The highest BCUT2D eigenvalue weighted by Gasteiger charge is 2.19. The summed E-state index contributed by atoms with van der Waals surface area (Å²) in [5.74, 6) is 0.0387. The molecule has 0 radical (unpaired) electrons. The largest absolute Gasteiger partial charge is 0.462 e. The summed E-state index contributed by atoms with van der Waals surface area (Å²) in [5.41, 5.74) is 0. The Morgan fingerprint density at radius 3 is 0.867 bits per heavy atom. The van der Waals surface area contributed by atoms with Crippen LogP contribution in [0.5, 0.6) is 0 Å². The summed E-state index contributed by atoms with van der Waals surface area (Å²) in [7, 11) is 0. The van der Waals surface area contributed by atoms with E-state index in [0.717, 1.165) is 70.1 Å². The molecule has 0 N–H and O–H groups in total. The SMILES string of the molecule is CCCCCCCCCCCCCCCCCCCCCC(=O)O[C@H](COC(=O)CCCCCCC)COC(=O)CCCCCCCCCCCCCCCCC(C)CC. The summed E-state index contributed by atoms with van der Waals surface area (Å²) >= 11 is 0. The monoisotopic (exact) mass is 849 g/mol. The van der Waals surface area contributed by atoms with Gasteiger partial charge in [-0.05, 0) is 25.2 Å². The average Bonchev–Trinajstić information content (AvgIpc) is 3.24. The Hall–Kier alpha value is -1.59. The van der Waals surface area contributed by atoms with Gasteiger partial charge in [0.2, 0.25) is 0 Å². The number of carbonyl (C=O) groups excluding carboxylic acids is 3. The summed E-state index contributed by atoms with van der Waals surface area (Å²) in [6, 6.07) is 0. The van der Waals surface area contributed by atoms with Crippen molar-refractivity contribution in [3.05, 3.63) is 0 Å². The van der Waals surface area contributed by atoms with Crippen molar-refractivity contribution in [1.29, 1.82) is 0 Å². The third kappa shape index (κ3) is 45.9. The Balaban J connectivity index is 4.08. The topological polar surface area (TPSA) is 78.9 Å². The van der Waals surface area contributed by atoms with Crippen LogP contribution >= 0.6 is 0 Å². The molecule has 6 heteroatoms. The van der Waals surface area contributed by atoms with E-state index in [9.17, 15) is 14.4 Å². The summed E-state index contributed by atoms with van der Waals surface area (Å²) in [6.45, 7) is 9.00. The molecule has 60 heavy (non-hydrogen) atoms. The number of hydrogen-bond acceptors (Lipinski definition) is 6. The minimum absolute atomic E-state index is 0.0637. The van der Waals surface area contributed by atoms with Crippen LogP contribution in [0, 0.1) is 5.92 Å². The van der Waals surface area contributed by atoms with Crippen LogP contribution in [0.15, 0.2) is 0 Å². The smallest absolute Gasteiger partial charge is 0.306 e. The fraction of sp³-hybridized carbons (Fsp3) is 0.944. The molecule has 2 atom stereocenters. The van der Waals surface area contributed by atoms with Gasteiger partial charge in [-0.1, -0.05) is 265 Å². The van der Waals surface area contributed by atoms with Crippen LogP contribution in [-0.4, -0.2) is 37.2 Å². The van der Waals surface area contributed by atoms with E-state index in [-0.39, 0.29) is 31.1 Å². The second-order valence-corrected chi connectivity index (χ2v) is 18.8. The zero-order chi connectivity index (χ0) is 43.8. The molecule has 0 rings (SSSR count). The fourth-order valence-corrected chi connectivity index (χ4v) is 8.19. The molecule has 6 nitrogen and oxygen atoms in total. The predicted octanol–water partition coefficient (Wildman–Crippen LogP) is 17.5. The van der Waals surface area contributed by atoms with Gasteiger partial charge in [0, 0.05) is 19.3 Å². The van der Waals surface area contributed by atoms with Gasteiger partial charge in [-0.15, -0.1) is 0 Å². The van der Waals surface area contributed by atoms with Crippen molar-refractivity contribution in [2.24, 2.45) is 5.92 Å². The minimum atomic E-state index is -0.759. The van der Waals surface area contributed by atoms with Crippen molar-refractivity contribution in [2.75, 3.05) is 13.2 Å². The first kappa shape index (κ1) is 58.4. The van der Waals surface area contributed by atoms with Crippen LogP contribution in [0.2, 0.25) is 0 Å². The Kier molecular flexibility index (Phi) is 47.2. The molecule has 0 aromatic rings. The summed E-state index contributed by atoms with van der Waals surface area (Å²) in [6.07, 6.45) is 51.2. The van der Waals surface area contributed by atoms with Crippen LogP contribution < -0.4 is 0 Å². The van der Waals surface area contributed by atoms with Crippen molar-refractivity contribution in [2.45, 2.75) is 310 Å². The lowest BCUT2D eigenvalue weighted by Crippen LogP contribution is -2.30. The first-order valence-electron chi connectivity index (χ1n) is 26.9. The number of carbonyl (C=O) groups is 3. The van der Waals surface area contributed by atoms with E-state index in [1.165, 1.54) is 193 Å². The highest BCUT2D eigenvalue weighted by Crippen LogP contribution is 2.18. The van der Waals surface area contributed by atoms with E-state index in [1.54, 1.807) is 0 Å². The Morgan fingerprint density at radius 2 is 0.583 bits per heavy atom. The van der Waals surface area contributed by atoms with E-state index in [0.29, 0.717) is 19.3 Å². The number of rotatable bonds is 49. The second kappa shape index (κ2) is 48.4. The molecule has 0 saturated carbocycles. The maximum atomic E-state index is 12.7. The number of hydrogen-bond donors (Lipinski definition) is 0. The minimum Gasteiger partial charge on any atom is -0.462 e. The Labute approximate surface area is 374 Å². The number of unbranched alkanes of at least 4 members (excludes halogenated alkanes) is 35. The standard InChI is InChI=1S/C54H104O6/c1-5-8-10-12-13-14-15-16-17-18-19-20-21-26-29-32-35-39-43-47-54(57)60-51(48-58-52(55)45-41-36-11-9-6-2)49-59-53(56)46-42-38-34-31-28-25-23-22-24-27-30-33-37-40-44-50(4)7-3/h50-51H,5-49H2,1-4H3/t50?,51-/m1/s1. The molecule has 0 aliphatic carbocycles. The van der Waals surface area contributed by atoms with Crippen molar-refractivity contribution < 1.29 is 28.6 Å². The Morgan fingerprint density at radius 1 is 0.333 bits per heavy atom. The van der Waals surface area contributed by atoms with Gasteiger partial charge in [-0.25, -0.2) is 0 Å². The van der Waals surface area contributed by atoms with Crippen molar-refractivity contribution in [1.82, 2.24) is 0 Å². The predicted molar refractivity (Wildman–Crippen MR) is 257 cm³/mol. The van der Waals surface area contributed by atoms with Gasteiger partial charge in [0.1, 0.15) is 13.2 Å². The molecule has 0 aromatic heterocycles. The molecular weight excluding hydrogens is 745 g/mol. The lowest BCUT2D eigenvalue weighted by Gasteiger charge is -2.18. The highest BCUT2D eigenvalue weighted by atomic mass is 16.6. The summed E-state index contributed by atoms with van der Waals surface area (Å²) in [4.78, 5) is 37.7. The maximum Gasteiger partial charge on any atom is 0.306 e. The van der Waals surface area contributed by atoms with Gasteiger partial charge in [0.15, 0.2) is 6.10 Å². The first-order chi connectivity index (χ1) is 29.4. The van der Waals surface area contributed by atoms with Crippen LogP contribution in [0.25, 0.3) is 0 Å². The van der Waals surface area contributed by atoms with Crippen molar-refractivity contribution >= 4 is 17.9 Å². The molecule has 0 bridgehead atoms. The average molecular weight is 849 g/mol. The lowest BCUT2D eigenvalue weighted by atomic mass is 9.99. The number of ether oxygens (including phenoxy) is 3. The maximum absolute atomic E-state index is 12.7.